The zero-order valence-corrected chi connectivity index (χ0v) is 12.8. The topological polar surface area (TPSA) is 49.0 Å². The van der Waals surface area contributed by atoms with E-state index in [0.29, 0.717) is 11.6 Å². The average Bonchev–Trinajstić information content (AvgIpc) is 3.05. The van der Waals surface area contributed by atoms with Crippen molar-refractivity contribution in [1.82, 2.24) is 15.1 Å². The van der Waals surface area contributed by atoms with Gasteiger partial charge in [0.2, 0.25) is 5.91 Å². The summed E-state index contributed by atoms with van der Waals surface area (Å²) in [6.07, 6.45) is 4.57. The zero-order chi connectivity index (χ0) is 15.5. The van der Waals surface area contributed by atoms with Crippen LogP contribution in [-0.4, -0.2) is 27.5 Å². The largest absolute Gasteiger partial charge is 0.334 e. The number of hydrogen-bond acceptors (Lipinski definition) is 2. The summed E-state index contributed by atoms with van der Waals surface area (Å²) in [5.74, 6) is -0.540. The van der Waals surface area contributed by atoms with Gasteiger partial charge in [0.05, 0.1) is 18.2 Å². The number of amides is 1. The van der Waals surface area contributed by atoms with Crippen molar-refractivity contribution in [3.8, 4) is 0 Å². The van der Waals surface area contributed by atoms with Gasteiger partial charge in [0, 0.05) is 23.3 Å². The van der Waals surface area contributed by atoms with E-state index in [4.69, 9.17) is 11.6 Å². The number of rotatable bonds is 3. The summed E-state index contributed by atoms with van der Waals surface area (Å²) in [6, 6.07) is 6.34. The second-order valence-corrected chi connectivity index (χ2v) is 5.89. The highest BCUT2D eigenvalue weighted by Gasteiger charge is 2.29. The summed E-state index contributed by atoms with van der Waals surface area (Å²) in [5.41, 5.74) is 1.19. The Morgan fingerprint density at radius 1 is 1.41 bits per heavy atom. The van der Waals surface area contributed by atoms with E-state index in [2.05, 4.69) is 10.2 Å². The molecule has 1 atom stereocenters. The van der Waals surface area contributed by atoms with E-state index in [-0.39, 0.29) is 23.9 Å². The molecule has 0 bridgehead atoms. The molecule has 0 saturated carbocycles. The predicted molar refractivity (Wildman–Crippen MR) is 82.0 cm³/mol. The maximum atomic E-state index is 13.9. The first-order valence-corrected chi connectivity index (χ1v) is 7.76. The molecule has 2 aromatic rings. The number of carbonyl (C=O) groups is 1. The minimum Gasteiger partial charge on any atom is -0.334 e. The molecule has 0 spiro atoms. The summed E-state index contributed by atoms with van der Waals surface area (Å²) >= 11 is 6.02. The number of halogens is 2. The smallest absolute Gasteiger partial charge is 0.227 e. The van der Waals surface area contributed by atoms with Crippen LogP contribution in [-0.2, 0) is 11.2 Å². The molecule has 0 radical (unpaired) electrons. The van der Waals surface area contributed by atoms with Gasteiger partial charge < -0.3 is 4.90 Å². The molecular weight excluding hydrogens is 305 g/mol. The standard InChI is InChI=1S/C16H17ClFN3O/c17-12-4-3-5-13(18)11(12)10-16(22)21-9-2-1-6-15(21)14-7-8-19-20-14/h3-5,7-8,15H,1-2,6,9-10H2,(H,19,20). The Hall–Kier alpha value is -1.88. The molecule has 22 heavy (non-hydrogen) atoms. The van der Waals surface area contributed by atoms with Crippen molar-refractivity contribution in [2.75, 3.05) is 6.54 Å². The third-order valence-corrected chi connectivity index (χ3v) is 4.45. The lowest BCUT2D eigenvalue weighted by Gasteiger charge is -2.35. The highest BCUT2D eigenvalue weighted by atomic mass is 35.5. The minimum atomic E-state index is -0.434. The van der Waals surface area contributed by atoms with Crippen LogP contribution < -0.4 is 0 Å². The molecule has 4 nitrogen and oxygen atoms in total. The van der Waals surface area contributed by atoms with Gasteiger partial charge in [-0.1, -0.05) is 17.7 Å². The number of H-pyrrole nitrogens is 1. The summed E-state index contributed by atoms with van der Waals surface area (Å²) < 4.78 is 13.9. The number of nitrogens with one attached hydrogen (secondary N) is 1. The number of aromatic nitrogens is 2. The number of benzene rings is 1. The molecule has 6 heteroatoms. The highest BCUT2D eigenvalue weighted by Crippen LogP contribution is 2.31. The Morgan fingerprint density at radius 2 is 2.27 bits per heavy atom. The van der Waals surface area contributed by atoms with Gasteiger partial charge in [-0.2, -0.15) is 5.10 Å². The highest BCUT2D eigenvalue weighted by molar-refractivity contribution is 6.31. The van der Waals surface area contributed by atoms with E-state index in [1.165, 1.54) is 6.07 Å². The molecule has 1 fully saturated rings. The van der Waals surface area contributed by atoms with Crippen LogP contribution in [0.4, 0.5) is 4.39 Å². The molecule has 116 valence electrons. The quantitative estimate of drug-likeness (QED) is 0.940. The van der Waals surface area contributed by atoms with Crippen molar-refractivity contribution in [2.24, 2.45) is 0 Å². The summed E-state index contributed by atoms with van der Waals surface area (Å²) in [5, 5.41) is 7.19. The molecule has 0 aliphatic carbocycles. The van der Waals surface area contributed by atoms with Crippen LogP contribution in [0.2, 0.25) is 5.02 Å². The lowest BCUT2D eigenvalue weighted by Crippen LogP contribution is -2.39. The molecular formula is C16H17ClFN3O. The van der Waals surface area contributed by atoms with Crippen LogP contribution in [0.15, 0.2) is 30.5 Å². The maximum Gasteiger partial charge on any atom is 0.227 e. The Balaban J connectivity index is 1.81. The number of carbonyl (C=O) groups excluding carboxylic acids is 1. The molecule has 1 N–H and O–H groups in total. The van der Waals surface area contributed by atoms with E-state index in [1.54, 1.807) is 23.2 Å². The first-order valence-electron chi connectivity index (χ1n) is 7.38. The third-order valence-electron chi connectivity index (χ3n) is 4.09. The Bertz CT molecular complexity index is 639. The molecule has 1 saturated heterocycles. The summed E-state index contributed by atoms with van der Waals surface area (Å²) in [6.45, 7) is 0.675. The van der Waals surface area contributed by atoms with Gasteiger partial charge in [0.1, 0.15) is 5.82 Å². The van der Waals surface area contributed by atoms with E-state index in [9.17, 15) is 9.18 Å². The van der Waals surface area contributed by atoms with E-state index in [0.717, 1.165) is 25.0 Å². The fraction of sp³-hybridized carbons (Fsp3) is 0.375. The van der Waals surface area contributed by atoms with Crippen LogP contribution in [0.1, 0.15) is 36.6 Å². The summed E-state index contributed by atoms with van der Waals surface area (Å²) in [7, 11) is 0. The molecule has 1 aromatic carbocycles. The Kier molecular flexibility index (Phi) is 4.43. The average molecular weight is 322 g/mol. The van der Waals surface area contributed by atoms with Crippen molar-refractivity contribution in [1.29, 1.82) is 0 Å². The number of nitrogens with zero attached hydrogens (tertiary/aromatic N) is 2. The van der Waals surface area contributed by atoms with E-state index in [1.807, 2.05) is 6.07 Å². The first-order chi connectivity index (χ1) is 10.7. The number of hydrogen-bond donors (Lipinski definition) is 1. The molecule has 2 heterocycles. The third kappa shape index (κ3) is 2.99. The van der Waals surface area contributed by atoms with Gasteiger partial charge in [-0.3, -0.25) is 9.89 Å². The van der Waals surface area contributed by atoms with Crippen LogP contribution in [0.3, 0.4) is 0 Å². The van der Waals surface area contributed by atoms with Crippen LogP contribution in [0.5, 0.6) is 0 Å². The lowest BCUT2D eigenvalue weighted by atomic mass is 9.98. The number of likely N-dealkylation sites (tertiary alicyclic amines) is 1. The van der Waals surface area contributed by atoms with E-state index < -0.39 is 5.82 Å². The predicted octanol–water partition coefficient (Wildman–Crippen LogP) is 3.50. The second kappa shape index (κ2) is 6.48. The molecule has 1 aliphatic rings. The minimum absolute atomic E-state index is 0.0177. The van der Waals surface area contributed by atoms with Crippen molar-refractivity contribution in [2.45, 2.75) is 31.7 Å². The number of piperidine rings is 1. The van der Waals surface area contributed by atoms with Crippen molar-refractivity contribution in [3.63, 3.8) is 0 Å². The Morgan fingerprint density at radius 3 is 3.00 bits per heavy atom. The fourth-order valence-corrected chi connectivity index (χ4v) is 3.19. The van der Waals surface area contributed by atoms with E-state index >= 15 is 0 Å². The van der Waals surface area contributed by atoms with Gasteiger partial charge in [0.15, 0.2) is 0 Å². The second-order valence-electron chi connectivity index (χ2n) is 5.49. The summed E-state index contributed by atoms with van der Waals surface area (Å²) in [4.78, 5) is 14.4. The molecule has 1 aliphatic heterocycles. The van der Waals surface area contributed by atoms with Gasteiger partial charge >= 0.3 is 0 Å². The normalized spacial score (nSPS) is 18.5. The van der Waals surface area contributed by atoms with Crippen molar-refractivity contribution in [3.05, 3.63) is 52.6 Å². The Labute approximate surface area is 133 Å². The van der Waals surface area contributed by atoms with Crippen LogP contribution >= 0.6 is 11.6 Å². The van der Waals surface area contributed by atoms with Crippen molar-refractivity contribution < 1.29 is 9.18 Å². The molecule has 1 aromatic heterocycles. The molecule has 1 unspecified atom stereocenters. The van der Waals surface area contributed by atoms with Gasteiger partial charge in [0.25, 0.3) is 0 Å². The lowest BCUT2D eigenvalue weighted by molar-refractivity contribution is -0.134. The van der Waals surface area contributed by atoms with Crippen molar-refractivity contribution >= 4 is 17.5 Å². The SMILES string of the molecule is O=C(Cc1c(F)cccc1Cl)N1CCCCC1c1ccn[nH]1. The fourth-order valence-electron chi connectivity index (χ4n) is 2.96. The van der Waals surface area contributed by atoms with Crippen LogP contribution in [0.25, 0.3) is 0 Å². The van der Waals surface area contributed by atoms with Gasteiger partial charge in [-0.25, -0.2) is 4.39 Å². The first kappa shape index (κ1) is 15.0. The van der Waals surface area contributed by atoms with Crippen LogP contribution in [0, 0.1) is 5.82 Å². The zero-order valence-electron chi connectivity index (χ0n) is 12.1. The molecule has 3 rings (SSSR count). The van der Waals surface area contributed by atoms with Gasteiger partial charge in [-0.05, 0) is 37.5 Å². The monoisotopic (exact) mass is 321 g/mol. The maximum absolute atomic E-state index is 13.9. The molecule has 1 amide bonds. The van der Waals surface area contributed by atoms with Gasteiger partial charge in [-0.15, -0.1) is 0 Å². The number of aromatic amines is 1.